The summed E-state index contributed by atoms with van der Waals surface area (Å²) in [5.74, 6) is -0.315. The number of thiazole rings is 1. The Morgan fingerprint density at radius 1 is 1.29 bits per heavy atom. The summed E-state index contributed by atoms with van der Waals surface area (Å²) in [4.78, 5) is 8.73. The van der Waals surface area contributed by atoms with Crippen LogP contribution in [0.5, 0.6) is 0 Å². The molecule has 24 heavy (non-hydrogen) atoms. The first-order valence-corrected chi connectivity index (χ1v) is 8.83. The molecule has 1 aromatic carbocycles. The van der Waals surface area contributed by atoms with Gasteiger partial charge >= 0.3 is 0 Å². The van der Waals surface area contributed by atoms with Gasteiger partial charge in [-0.3, -0.25) is 0 Å². The van der Waals surface area contributed by atoms with Crippen LogP contribution in [0.2, 0.25) is 0 Å². The fraction of sp³-hybridized carbons (Fsp3) is 0.412. The van der Waals surface area contributed by atoms with Crippen LogP contribution in [-0.4, -0.2) is 24.0 Å². The molecule has 2 aromatic rings. The lowest BCUT2D eigenvalue weighted by molar-refractivity contribution is 0.585. The number of halogens is 2. The zero-order chi connectivity index (χ0) is 17.4. The lowest BCUT2D eigenvalue weighted by atomic mass is 10.2. The summed E-state index contributed by atoms with van der Waals surface area (Å²) in [5, 5.41) is 9.47. The van der Waals surface area contributed by atoms with Crippen LogP contribution in [0.15, 0.2) is 28.6 Å². The highest BCUT2D eigenvalue weighted by Crippen LogP contribution is 2.11. The van der Waals surface area contributed by atoms with E-state index in [4.69, 9.17) is 0 Å². The Labute approximate surface area is 145 Å². The molecular formula is C17H22F2N4S. The van der Waals surface area contributed by atoms with E-state index in [9.17, 15) is 8.78 Å². The van der Waals surface area contributed by atoms with Crippen molar-refractivity contribution in [3.63, 3.8) is 0 Å². The van der Waals surface area contributed by atoms with Gasteiger partial charge < -0.3 is 10.6 Å². The lowest BCUT2D eigenvalue weighted by Gasteiger charge is -2.11. The molecule has 0 saturated carbocycles. The number of hydrogen-bond acceptors (Lipinski definition) is 3. The predicted octanol–water partition coefficient (Wildman–Crippen LogP) is 3.42. The SMILES string of the molecule is CCNC(=NCc1cc(F)ccc1F)NCCCc1nc(C)cs1. The molecule has 0 unspecified atom stereocenters. The highest BCUT2D eigenvalue weighted by molar-refractivity contribution is 7.09. The third kappa shape index (κ3) is 5.88. The summed E-state index contributed by atoms with van der Waals surface area (Å²) >= 11 is 1.67. The molecule has 0 fully saturated rings. The van der Waals surface area contributed by atoms with Gasteiger partial charge in [0.1, 0.15) is 11.6 Å². The quantitative estimate of drug-likeness (QED) is 0.456. The van der Waals surface area contributed by atoms with Crippen LogP contribution < -0.4 is 10.6 Å². The number of nitrogens with one attached hydrogen (secondary N) is 2. The van der Waals surface area contributed by atoms with Gasteiger partial charge in [-0.1, -0.05) is 0 Å². The molecule has 0 spiro atoms. The van der Waals surface area contributed by atoms with Crippen LogP contribution in [0, 0.1) is 18.6 Å². The molecule has 0 atom stereocenters. The molecule has 0 bridgehead atoms. The topological polar surface area (TPSA) is 49.3 Å². The number of aryl methyl sites for hydroxylation is 2. The van der Waals surface area contributed by atoms with E-state index in [1.54, 1.807) is 11.3 Å². The van der Waals surface area contributed by atoms with Crippen molar-refractivity contribution >= 4 is 17.3 Å². The highest BCUT2D eigenvalue weighted by atomic mass is 32.1. The molecule has 0 aliphatic carbocycles. The minimum atomic E-state index is -0.460. The van der Waals surface area contributed by atoms with E-state index in [2.05, 4.69) is 20.6 Å². The smallest absolute Gasteiger partial charge is 0.191 e. The van der Waals surface area contributed by atoms with E-state index in [1.807, 2.05) is 19.2 Å². The molecule has 0 saturated heterocycles. The van der Waals surface area contributed by atoms with Crippen molar-refractivity contribution in [3.8, 4) is 0 Å². The monoisotopic (exact) mass is 352 g/mol. The van der Waals surface area contributed by atoms with Crippen molar-refractivity contribution in [2.45, 2.75) is 33.2 Å². The molecule has 7 heteroatoms. The largest absolute Gasteiger partial charge is 0.357 e. The Morgan fingerprint density at radius 3 is 2.83 bits per heavy atom. The Kier molecular flexibility index (Phi) is 7.11. The van der Waals surface area contributed by atoms with Crippen molar-refractivity contribution in [1.82, 2.24) is 15.6 Å². The lowest BCUT2D eigenvalue weighted by Crippen LogP contribution is -2.37. The van der Waals surface area contributed by atoms with Crippen molar-refractivity contribution in [1.29, 1.82) is 0 Å². The molecule has 0 aliphatic heterocycles. The van der Waals surface area contributed by atoms with E-state index in [0.29, 0.717) is 12.5 Å². The van der Waals surface area contributed by atoms with Crippen LogP contribution in [0.4, 0.5) is 8.78 Å². The van der Waals surface area contributed by atoms with E-state index >= 15 is 0 Å². The number of hydrogen-bond donors (Lipinski definition) is 2. The molecule has 4 nitrogen and oxygen atoms in total. The summed E-state index contributed by atoms with van der Waals surface area (Å²) in [7, 11) is 0. The molecule has 130 valence electrons. The maximum atomic E-state index is 13.6. The second kappa shape index (κ2) is 9.32. The first-order valence-electron chi connectivity index (χ1n) is 7.95. The molecule has 0 amide bonds. The van der Waals surface area contributed by atoms with Crippen LogP contribution >= 0.6 is 11.3 Å². The van der Waals surface area contributed by atoms with Crippen molar-refractivity contribution < 1.29 is 8.78 Å². The van der Waals surface area contributed by atoms with Crippen molar-refractivity contribution in [2.75, 3.05) is 13.1 Å². The molecule has 0 aliphatic rings. The van der Waals surface area contributed by atoms with Gasteiger partial charge in [0.15, 0.2) is 5.96 Å². The van der Waals surface area contributed by atoms with Gasteiger partial charge in [-0.05, 0) is 38.5 Å². The number of aliphatic imine (C=N–C) groups is 1. The summed E-state index contributed by atoms with van der Waals surface area (Å²) in [6, 6.07) is 3.40. The maximum Gasteiger partial charge on any atom is 0.191 e. The second-order valence-electron chi connectivity index (χ2n) is 5.34. The third-order valence-electron chi connectivity index (χ3n) is 3.29. The summed E-state index contributed by atoms with van der Waals surface area (Å²) < 4.78 is 26.8. The van der Waals surface area contributed by atoms with Crippen LogP contribution in [0.1, 0.15) is 29.6 Å². The number of benzene rings is 1. The zero-order valence-corrected chi connectivity index (χ0v) is 14.7. The van der Waals surface area contributed by atoms with Crippen molar-refractivity contribution in [3.05, 3.63) is 51.5 Å². The van der Waals surface area contributed by atoms with E-state index in [1.165, 1.54) is 6.07 Å². The van der Waals surface area contributed by atoms with Crippen LogP contribution in [-0.2, 0) is 13.0 Å². The standard InChI is InChI=1S/C17H22F2N4S/c1-3-20-17(21-8-4-5-16-23-12(2)11-24-16)22-10-13-9-14(18)6-7-15(13)19/h6-7,9,11H,3-5,8,10H2,1-2H3,(H2,20,21,22). The molecule has 0 radical (unpaired) electrons. The fourth-order valence-electron chi connectivity index (χ4n) is 2.13. The van der Waals surface area contributed by atoms with E-state index in [0.717, 1.165) is 42.2 Å². The first kappa shape index (κ1) is 18.3. The van der Waals surface area contributed by atoms with Gasteiger partial charge in [0, 0.05) is 36.1 Å². The number of rotatable bonds is 7. The number of nitrogens with zero attached hydrogens (tertiary/aromatic N) is 2. The molecule has 2 rings (SSSR count). The van der Waals surface area contributed by atoms with E-state index in [-0.39, 0.29) is 12.1 Å². The molecule has 1 aromatic heterocycles. The van der Waals surface area contributed by atoms with Crippen molar-refractivity contribution in [2.24, 2.45) is 4.99 Å². The molecule has 2 N–H and O–H groups in total. The highest BCUT2D eigenvalue weighted by Gasteiger charge is 2.04. The summed E-state index contributed by atoms with van der Waals surface area (Å²) in [6.07, 6.45) is 1.83. The minimum Gasteiger partial charge on any atom is -0.357 e. The third-order valence-corrected chi connectivity index (χ3v) is 4.31. The zero-order valence-electron chi connectivity index (χ0n) is 13.9. The van der Waals surface area contributed by atoms with Gasteiger partial charge in [0.05, 0.1) is 11.6 Å². The Morgan fingerprint density at radius 2 is 2.12 bits per heavy atom. The first-order chi connectivity index (χ1) is 11.6. The van der Waals surface area contributed by atoms with Gasteiger partial charge in [-0.2, -0.15) is 0 Å². The van der Waals surface area contributed by atoms with Gasteiger partial charge in [-0.25, -0.2) is 18.8 Å². The average molecular weight is 352 g/mol. The molecule has 1 heterocycles. The van der Waals surface area contributed by atoms with Crippen LogP contribution in [0.3, 0.4) is 0 Å². The summed E-state index contributed by atoms with van der Waals surface area (Å²) in [6.45, 7) is 5.46. The van der Waals surface area contributed by atoms with Gasteiger partial charge in [0.25, 0.3) is 0 Å². The predicted molar refractivity (Wildman–Crippen MR) is 94.3 cm³/mol. The fourth-order valence-corrected chi connectivity index (χ4v) is 2.95. The van der Waals surface area contributed by atoms with Crippen LogP contribution in [0.25, 0.3) is 0 Å². The van der Waals surface area contributed by atoms with Gasteiger partial charge in [0.2, 0.25) is 0 Å². The Hall–Kier alpha value is -2.02. The maximum absolute atomic E-state index is 13.6. The average Bonchev–Trinajstić information content (AvgIpc) is 2.97. The number of guanidine groups is 1. The normalized spacial score (nSPS) is 11.6. The van der Waals surface area contributed by atoms with E-state index < -0.39 is 11.6 Å². The Balaban J connectivity index is 1.85. The second-order valence-corrected chi connectivity index (χ2v) is 6.29. The number of aromatic nitrogens is 1. The molecular weight excluding hydrogens is 330 g/mol. The summed E-state index contributed by atoms with van der Waals surface area (Å²) in [5.41, 5.74) is 1.29. The Bertz CT molecular complexity index is 685. The minimum absolute atomic E-state index is 0.0879. The van der Waals surface area contributed by atoms with Gasteiger partial charge in [-0.15, -0.1) is 11.3 Å².